The predicted molar refractivity (Wildman–Crippen MR) is 92.4 cm³/mol. The van der Waals surface area contributed by atoms with E-state index in [1.54, 1.807) is 0 Å². The van der Waals surface area contributed by atoms with Crippen molar-refractivity contribution in [3.63, 3.8) is 0 Å². The third-order valence-electron chi connectivity index (χ3n) is 8.73. The molecule has 25 heavy (non-hydrogen) atoms. The van der Waals surface area contributed by atoms with Crippen molar-refractivity contribution in [1.82, 2.24) is 0 Å². The van der Waals surface area contributed by atoms with Crippen molar-refractivity contribution in [2.24, 2.45) is 34.0 Å². The molecular formula is C20H32O5. The molecule has 5 nitrogen and oxygen atoms in total. The summed E-state index contributed by atoms with van der Waals surface area (Å²) < 4.78 is 0. The maximum atomic E-state index is 11.2. The molecule has 2 bridgehead atoms. The molecule has 0 aliphatic heterocycles. The normalized spacial score (nSPS) is 60.1. The first kappa shape index (κ1) is 17.9. The Balaban J connectivity index is 1.93. The second kappa shape index (κ2) is 5.08. The first-order valence-corrected chi connectivity index (χ1v) is 9.60. The van der Waals surface area contributed by atoms with Crippen molar-refractivity contribution in [3.8, 4) is 0 Å². The molecule has 0 radical (unpaired) electrons. The number of aliphatic hydroxyl groups excluding tert-OH is 5. The van der Waals surface area contributed by atoms with Gasteiger partial charge in [0.1, 0.15) is 0 Å². The summed E-state index contributed by atoms with van der Waals surface area (Å²) in [5.74, 6) is -1.19. The van der Waals surface area contributed by atoms with Gasteiger partial charge in [-0.15, -0.1) is 0 Å². The highest BCUT2D eigenvalue weighted by Gasteiger charge is 2.77. The molecule has 5 N–H and O–H groups in total. The van der Waals surface area contributed by atoms with E-state index in [0.717, 1.165) is 19.3 Å². The summed E-state index contributed by atoms with van der Waals surface area (Å²) in [7, 11) is 0. The molecule has 0 unspecified atom stereocenters. The lowest BCUT2D eigenvalue weighted by molar-refractivity contribution is -0.293. The highest BCUT2D eigenvalue weighted by molar-refractivity contribution is 5.35. The number of rotatable bonds is 0. The Morgan fingerprint density at radius 2 is 1.60 bits per heavy atom. The lowest BCUT2D eigenvalue weighted by Gasteiger charge is -2.67. The largest absolute Gasteiger partial charge is 0.392 e. The van der Waals surface area contributed by atoms with E-state index in [1.807, 2.05) is 0 Å². The number of fused-ring (bicyclic) bond motifs is 3. The summed E-state index contributed by atoms with van der Waals surface area (Å²) in [4.78, 5) is 0. The lowest BCUT2D eigenvalue weighted by atomic mass is 9.39. The van der Waals surface area contributed by atoms with E-state index in [0.29, 0.717) is 12.0 Å². The van der Waals surface area contributed by atoms with Crippen molar-refractivity contribution >= 4 is 0 Å². The first-order valence-electron chi connectivity index (χ1n) is 9.60. The average Bonchev–Trinajstić information content (AvgIpc) is 2.66. The topological polar surface area (TPSA) is 101 Å². The van der Waals surface area contributed by atoms with Gasteiger partial charge in [0.25, 0.3) is 0 Å². The molecule has 4 rings (SSSR count). The Labute approximate surface area is 149 Å². The minimum absolute atomic E-state index is 0.00261. The molecule has 4 saturated carbocycles. The van der Waals surface area contributed by atoms with Gasteiger partial charge in [0.15, 0.2) is 0 Å². The highest BCUT2D eigenvalue weighted by atomic mass is 16.3. The number of aliphatic hydroxyl groups is 5. The van der Waals surface area contributed by atoms with E-state index < -0.39 is 47.8 Å². The summed E-state index contributed by atoms with van der Waals surface area (Å²) in [6, 6.07) is 0. The zero-order valence-electron chi connectivity index (χ0n) is 15.4. The smallest absolute Gasteiger partial charge is 0.0893 e. The van der Waals surface area contributed by atoms with Crippen LogP contribution in [0.25, 0.3) is 0 Å². The van der Waals surface area contributed by atoms with Crippen molar-refractivity contribution in [1.29, 1.82) is 0 Å². The molecule has 10 atom stereocenters. The van der Waals surface area contributed by atoms with Crippen LogP contribution >= 0.6 is 0 Å². The molecule has 0 aromatic rings. The second-order valence-corrected chi connectivity index (χ2v) is 10.1. The third kappa shape index (κ3) is 1.82. The summed E-state index contributed by atoms with van der Waals surface area (Å²) in [6.07, 6.45) is -1.96. The molecule has 0 amide bonds. The first-order chi connectivity index (χ1) is 11.5. The van der Waals surface area contributed by atoms with Crippen LogP contribution in [0.1, 0.15) is 46.5 Å². The van der Waals surface area contributed by atoms with Crippen molar-refractivity contribution in [2.45, 2.75) is 77.0 Å². The molecule has 0 heterocycles. The lowest BCUT2D eigenvalue weighted by Crippen LogP contribution is -2.73. The van der Waals surface area contributed by atoms with E-state index in [9.17, 15) is 25.5 Å². The van der Waals surface area contributed by atoms with Gasteiger partial charge in [-0.1, -0.05) is 33.8 Å². The second-order valence-electron chi connectivity index (χ2n) is 10.1. The average molecular weight is 352 g/mol. The SMILES string of the molecule is C=C1[C@@H]2[C@@H](O)[C@H](O)[C@H]3[C@]4(C)CCCC(C)(C)[C@H]4C[C@@H](O)[C@@]3([C@@H]1O)[C@@H]2O. The van der Waals surface area contributed by atoms with Gasteiger partial charge in [0, 0.05) is 11.8 Å². The summed E-state index contributed by atoms with van der Waals surface area (Å²) in [5, 5.41) is 55.1. The van der Waals surface area contributed by atoms with E-state index in [-0.39, 0.29) is 16.7 Å². The van der Waals surface area contributed by atoms with E-state index in [4.69, 9.17) is 0 Å². The Bertz CT molecular complexity index is 603. The van der Waals surface area contributed by atoms with Crippen LogP contribution in [0.5, 0.6) is 0 Å². The molecule has 0 aromatic carbocycles. The predicted octanol–water partition coefficient (Wildman–Crippen LogP) is 0.829. The molecule has 0 aromatic heterocycles. The summed E-state index contributed by atoms with van der Waals surface area (Å²) in [6.45, 7) is 10.4. The van der Waals surface area contributed by atoms with Gasteiger partial charge in [-0.3, -0.25) is 0 Å². The molecule has 5 heteroatoms. The maximum Gasteiger partial charge on any atom is 0.0893 e. The molecule has 4 aliphatic rings. The van der Waals surface area contributed by atoms with Crippen LogP contribution in [-0.4, -0.2) is 56.1 Å². The monoisotopic (exact) mass is 352 g/mol. The van der Waals surface area contributed by atoms with Gasteiger partial charge in [-0.05, 0) is 41.6 Å². The molecule has 4 aliphatic carbocycles. The molecule has 4 fully saturated rings. The Morgan fingerprint density at radius 1 is 0.960 bits per heavy atom. The fraction of sp³-hybridized carbons (Fsp3) is 0.900. The van der Waals surface area contributed by atoms with Crippen LogP contribution in [0.3, 0.4) is 0 Å². The minimum atomic E-state index is -1.24. The van der Waals surface area contributed by atoms with E-state index >= 15 is 0 Å². The van der Waals surface area contributed by atoms with E-state index in [2.05, 4.69) is 27.4 Å². The van der Waals surface area contributed by atoms with Gasteiger partial charge in [-0.2, -0.15) is 0 Å². The third-order valence-corrected chi connectivity index (χ3v) is 8.73. The fourth-order valence-corrected chi connectivity index (χ4v) is 7.75. The molecule has 1 spiro atoms. The van der Waals surface area contributed by atoms with Gasteiger partial charge >= 0.3 is 0 Å². The fourth-order valence-electron chi connectivity index (χ4n) is 7.75. The standard InChI is InChI=1S/C20H32O5/c1-9-12-13(22)14(23)15-19(4)7-5-6-18(2,3)10(19)8-11(21)20(15,16(9)24)17(12)25/h10-17,21-25H,1,5-8H2,2-4H3/t10-,11-,12-,13-,14+,15+,16-,17-,19-,20-/m1/s1. The van der Waals surface area contributed by atoms with Crippen LogP contribution < -0.4 is 0 Å². The van der Waals surface area contributed by atoms with Crippen molar-refractivity contribution in [3.05, 3.63) is 12.2 Å². The highest BCUT2D eigenvalue weighted by Crippen LogP contribution is 2.71. The van der Waals surface area contributed by atoms with E-state index in [1.165, 1.54) is 0 Å². The van der Waals surface area contributed by atoms with Crippen LogP contribution in [0.2, 0.25) is 0 Å². The van der Waals surface area contributed by atoms with Crippen LogP contribution in [0.4, 0.5) is 0 Å². The molecular weight excluding hydrogens is 320 g/mol. The van der Waals surface area contributed by atoms with Crippen molar-refractivity contribution in [2.75, 3.05) is 0 Å². The quantitative estimate of drug-likeness (QED) is 0.416. The Hall–Kier alpha value is -0.460. The van der Waals surface area contributed by atoms with Crippen LogP contribution in [0, 0.1) is 34.0 Å². The van der Waals surface area contributed by atoms with Gasteiger partial charge in [0.2, 0.25) is 0 Å². The maximum absolute atomic E-state index is 11.2. The van der Waals surface area contributed by atoms with Crippen LogP contribution in [-0.2, 0) is 0 Å². The number of hydrogen-bond donors (Lipinski definition) is 5. The van der Waals surface area contributed by atoms with Gasteiger partial charge in [0.05, 0.1) is 35.9 Å². The van der Waals surface area contributed by atoms with Gasteiger partial charge in [-0.25, -0.2) is 0 Å². The number of hydrogen-bond acceptors (Lipinski definition) is 5. The van der Waals surface area contributed by atoms with Crippen molar-refractivity contribution < 1.29 is 25.5 Å². The molecule has 142 valence electrons. The Kier molecular flexibility index (Phi) is 3.64. The summed E-state index contributed by atoms with van der Waals surface area (Å²) >= 11 is 0. The Morgan fingerprint density at radius 3 is 2.24 bits per heavy atom. The van der Waals surface area contributed by atoms with Gasteiger partial charge < -0.3 is 25.5 Å². The summed E-state index contributed by atoms with van der Waals surface area (Å²) in [5.41, 5.74) is -1.25. The minimum Gasteiger partial charge on any atom is -0.392 e. The zero-order valence-corrected chi connectivity index (χ0v) is 15.4. The zero-order chi connectivity index (χ0) is 18.5. The molecule has 0 saturated heterocycles. The van der Waals surface area contributed by atoms with Crippen LogP contribution in [0.15, 0.2) is 12.2 Å².